The molecule has 0 aromatic rings. The lowest BCUT2D eigenvalue weighted by atomic mass is 10.2. The first kappa shape index (κ1) is 10.9. The van der Waals surface area contributed by atoms with Gasteiger partial charge < -0.3 is 10.2 Å². The third-order valence-corrected chi connectivity index (χ3v) is 5.28. The molecule has 15 heavy (non-hydrogen) atoms. The zero-order valence-electron chi connectivity index (χ0n) is 8.77. The van der Waals surface area contributed by atoms with E-state index < -0.39 is 15.2 Å². The molecule has 2 atom stereocenters. The monoisotopic (exact) mass is 232 g/mol. The van der Waals surface area contributed by atoms with Gasteiger partial charge in [0.1, 0.15) is 5.37 Å². The number of hydrogen-bond acceptors (Lipinski definition) is 4. The van der Waals surface area contributed by atoms with Crippen LogP contribution < -0.4 is 5.32 Å². The molecule has 2 fully saturated rings. The third-order valence-electron chi connectivity index (χ3n) is 3.10. The van der Waals surface area contributed by atoms with Crippen LogP contribution in [-0.4, -0.2) is 49.5 Å². The van der Waals surface area contributed by atoms with E-state index in [0.717, 1.165) is 0 Å². The van der Waals surface area contributed by atoms with Crippen LogP contribution in [-0.2, 0) is 14.6 Å². The number of sulfone groups is 1. The molecule has 0 spiro atoms. The maximum absolute atomic E-state index is 11.8. The molecule has 2 unspecified atom stereocenters. The molecule has 0 saturated carbocycles. The molecule has 0 aromatic heterocycles. The molecule has 0 aliphatic carbocycles. The number of piperazine rings is 1. The van der Waals surface area contributed by atoms with Gasteiger partial charge in [-0.1, -0.05) is 0 Å². The van der Waals surface area contributed by atoms with E-state index in [1.165, 1.54) is 4.90 Å². The van der Waals surface area contributed by atoms with Gasteiger partial charge in [0.15, 0.2) is 9.84 Å². The Kier molecular flexibility index (Phi) is 2.72. The standard InChI is InChI=1S/C9H16N2O3S/c1-7-9(12)11(5-4-10-7)8-3-2-6-15(8,13)14/h7-8,10H,2-6H2,1H3. The van der Waals surface area contributed by atoms with Gasteiger partial charge in [0.05, 0.1) is 11.8 Å². The first-order chi connectivity index (χ1) is 7.02. The van der Waals surface area contributed by atoms with Crippen LogP contribution in [0.15, 0.2) is 0 Å². The Morgan fingerprint density at radius 2 is 2.20 bits per heavy atom. The molecule has 2 saturated heterocycles. The third kappa shape index (κ3) is 1.88. The maximum atomic E-state index is 11.8. The maximum Gasteiger partial charge on any atom is 0.240 e. The van der Waals surface area contributed by atoms with Gasteiger partial charge in [0.25, 0.3) is 0 Å². The van der Waals surface area contributed by atoms with Crippen molar-refractivity contribution in [2.24, 2.45) is 0 Å². The summed E-state index contributed by atoms with van der Waals surface area (Å²) in [7, 11) is -3.07. The summed E-state index contributed by atoms with van der Waals surface area (Å²) < 4.78 is 23.4. The fraction of sp³-hybridized carbons (Fsp3) is 0.889. The van der Waals surface area contributed by atoms with Crippen molar-refractivity contribution in [1.29, 1.82) is 0 Å². The van der Waals surface area contributed by atoms with E-state index in [-0.39, 0.29) is 17.7 Å². The molecular weight excluding hydrogens is 216 g/mol. The Bertz CT molecular complexity index is 366. The molecule has 2 aliphatic heterocycles. The highest BCUT2D eigenvalue weighted by atomic mass is 32.2. The zero-order chi connectivity index (χ0) is 11.1. The van der Waals surface area contributed by atoms with E-state index in [2.05, 4.69) is 5.32 Å². The minimum absolute atomic E-state index is 0.0864. The van der Waals surface area contributed by atoms with Crippen LogP contribution in [0.1, 0.15) is 19.8 Å². The number of nitrogens with one attached hydrogen (secondary N) is 1. The van der Waals surface area contributed by atoms with E-state index in [1.54, 1.807) is 6.92 Å². The summed E-state index contributed by atoms with van der Waals surface area (Å²) in [5.74, 6) is 0.139. The van der Waals surface area contributed by atoms with E-state index in [4.69, 9.17) is 0 Å². The van der Waals surface area contributed by atoms with Gasteiger partial charge in [-0.3, -0.25) is 4.79 Å². The molecule has 86 valence electrons. The van der Waals surface area contributed by atoms with Crippen LogP contribution in [0.25, 0.3) is 0 Å². The van der Waals surface area contributed by atoms with Crippen molar-refractivity contribution in [2.75, 3.05) is 18.8 Å². The highest BCUT2D eigenvalue weighted by molar-refractivity contribution is 7.92. The van der Waals surface area contributed by atoms with Crippen molar-refractivity contribution in [3.63, 3.8) is 0 Å². The number of nitrogens with zero attached hydrogens (tertiary/aromatic N) is 1. The number of amides is 1. The average molecular weight is 232 g/mol. The first-order valence-electron chi connectivity index (χ1n) is 5.28. The van der Waals surface area contributed by atoms with E-state index >= 15 is 0 Å². The highest BCUT2D eigenvalue weighted by Gasteiger charge is 2.40. The van der Waals surface area contributed by atoms with Crippen molar-refractivity contribution in [3.8, 4) is 0 Å². The Morgan fingerprint density at radius 1 is 1.47 bits per heavy atom. The van der Waals surface area contributed by atoms with Crippen molar-refractivity contribution >= 4 is 15.7 Å². The summed E-state index contributed by atoms with van der Waals surface area (Å²) in [6.07, 6.45) is 1.28. The van der Waals surface area contributed by atoms with Crippen LogP contribution in [0.5, 0.6) is 0 Å². The molecule has 5 nitrogen and oxygen atoms in total. The van der Waals surface area contributed by atoms with Crippen molar-refractivity contribution in [1.82, 2.24) is 10.2 Å². The number of hydrogen-bond donors (Lipinski definition) is 1. The summed E-state index contributed by atoms with van der Waals surface area (Å²) in [4.78, 5) is 13.3. The molecule has 1 N–H and O–H groups in total. The number of carbonyl (C=O) groups excluding carboxylic acids is 1. The fourth-order valence-electron chi connectivity index (χ4n) is 2.26. The molecule has 0 bridgehead atoms. The van der Waals surface area contributed by atoms with Gasteiger partial charge in [-0.15, -0.1) is 0 Å². The Labute approximate surface area is 89.7 Å². The molecule has 6 heteroatoms. The smallest absolute Gasteiger partial charge is 0.240 e. The summed E-state index contributed by atoms with van der Waals surface area (Å²) in [6.45, 7) is 2.96. The Morgan fingerprint density at radius 3 is 2.80 bits per heavy atom. The van der Waals surface area contributed by atoms with Gasteiger partial charge in [-0.05, 0) is 19.8 Å². The van der Waals surface area contributed by atoms with E-state index in [1.807, 2.05) is 0 Å². The van der Waals surface area contributed by atoms with Crippen molar-refractivity contribution < 1.29 is 13.2 Å². The van der Waals surface area contributed by atoms with Crippen LogP contribution in [0, 0.1) is 0 Å². The summed E-state index contributed by atoms with van der Waals surface area (Å²) in [5, 5.41) is 2.47. The number of rotatable bonds is 1. The molecule has 0 aromatic carbocycles. The minimum atomic E-state index is -3.07. The van der Waals surface area contributed by atoms with Gasteiger partial charge in [-0.25, -0.2) is 8.42 Å². The second-order valence-corrected chi connectivity index (χ2v) is 6.45. The predicted octanol–water partition coefficient (Wildman–Crippen LogP) is -0.659. The normalized spacial score (nSPS) is 35.8. The lowest BCUT2D eigenvalue weighted by Gasteiger charge is -2.35. The number of carbonyl (C=O) groups is 1. The molecule has 1 amide bonds. The lowest BCUT2D eigenvalue weighted by Crippen LogP contribution is -2.57. The van der Waals surface area contributed by atoms with Crippen LogP contribution in [0.4, 0.5) is 0 Å². The molecule has 2 aliphatic rings. The van der Waals surface area contributed by atoms with Crippen LogP contribution >= 0.6 is 0 Å². The SMILES string of the molecule is CC1NCCN(C2CCCS2(=O)=O)C1=O. The summed E-state index contributed by atoms with van der Waals surface area (Å²) in [5.41, 5.74) is 0. The fourth-order valence-corrected chi connectivity index (χ4v) is 4.22. The first-order valence-corrected chi connectivity index (χ1v) is 6.99. The van der Waals surface area contributed by atoms with Crippen molar-refractivity contribution in [3.05, 3.63) is 0 Å². The molecular formula is C9H16N2O3S. The second kappa shape index (κ2) is 3.75. The molecule has 2 heterocycles. The van der Waals surface area contributed by atoms with Gasteiger partial charge in [0.2, 0.25) is 5.91 Å². The lowest BCUT2D eigenvalue weighted by molar-refractivity contribution is -0.136. The van der Waals surface area contributed by atoms with E-state index in [0.29, 0.717) is 25.9 Å². The summed E-state index contributed by atoms with van der Waals surface area (Å²) >= 11 is 0. The Hall–Kier alpha value is -0.620. The highest BCUT2D eigenvalue weighted by Crippen LogP contribution is 2.24. The average Bonchev–Trinajstić information content (AvgIpc) is 2.50. The largest absolute Gasteiger partial charge is 0.323 e. The minimum Gasteiger partial charge on any atom is -0.323 e. The Balaban J connectivity index is 2.20. The van der Waals surface area contributed by atoms with Crippen LogP contribution in [0.2, 0.25) is 0 Å². The van der Waals surface area contributed by atoms with Crippen LogP contribution in [0.3, 0.4) is 0 Å². The predicted molar refractivity (Wildman–Crippen MR) is 56.0 cm³/mol. The van der Waals surface area contributed by atoms with E-state index in [9.17, 15) is 13.2 Å². The summed E-state index contributed by atoms with van der Waals surface area (Å²) in [6, 6.07) is -0.255. The van der Waals surface area contributed by atoms with Gasteiger partial charge in [-0.2, -0.15) is 0 Å². The topological polar surface area (TPSA) is 66.5 Å². The second-order valence-electron chi connectivity index (χ2n) is 4.17. The molecule has 2 rings (SSSR count). The van der Waals surface area contributed by atoms with Gasteiger partial charge in [0, 0.05) is 13.1 Å². The zero-order valence-corrected chi connectivity index (χ0v) is 9.59. The quantitative estimate of drug-likeness (QED) is 0.652. The molecule has 0 radical (unpaired) electrons. The van der Waals surface area contributed by atoms with Crippen molar-refractivity contribution in [2.45, 2.75) is 31.2 Å². The van der Waals surface area contributed by atoms with Gasteiger partial charge >= 0.3 is 0 Å².